The molecular weight excluding hydrogens is 474 g/mol. The average molecular weight is 495 g/mol. The molecule has 3 aromatic heterocycles. The van der Waals surface area contributed by atoms with Crippen LogP contribution < -0.4 is 5.32 Å². The first-order valence-electron chi connectivity index (χ1n) is 11.8. The van der Waals surface area contributed by atoms with Crippen LogP contribution in [0.2, 0.25) is 0 Å². The van der Waals surface area contributed by atoms with Crippen molar-refractivity contribution in [3.63, 3.8) is 0 Å². The van der Waals surface area contributed by atoms with Crippen LogP contribution in [0.25, 0.3) is 33.2 Å². The third kappa shape index (κ3) is 3.87. The first-order chi connectivity index (χ1) is 17.9. The van der Waals surface area contributed by atoms with Gasteiger partial charge in [0.1, 0.15) is 17.1 Å². The topological polar surface area (TPSA) is 134 Å². The van der Waals surface area contributed by atoms with E-state index < -0.39 is 17.5 Å². The normalized spacial score (nSPS) is 15.6. The summed E-state index contributed by atoms with van der Waals surface area (Å²) in [5.74, 6) is -1.70. The van der Waals surface area contributed by atoms with Crippen LogP contribution in [0.4, 0.5) is 0 Å². The van der Waals surface area contributed by atoms with Gasteiger partial charge in [0.15, 0.2) is 5.78 Å². The number of pyridine rings is 2. The third-order valence-corrected chi connectivity index (χ3v) is 6.46. The summed E-state index contributed by atoms with van der Waals surface area (Å²) >= 11 is 0. The smallest absolute Gasteiger partial charge is 0.272 e. The van der Waals surface area contributed by atoms with Gasteiger partial charge in [-0.25, -0.2) is 9.97 Å². The highest BCUT2D eigenvalue weighted by atomic mass is 16.5. The minimum atomic E-state index is -0.569. The molecule has 37 heavy (non-hydrogen) atoms. The number of hydrogen-bond acceptors (Lipinski definition) is 7. The Morgan fingerprint density at radius 2 is 1.78 bits per heavy atom. The van der Waals surface area contributed by atoms with E-state index in [0.717, 1.165) is 22.4 Å². The van der Waals surface area contributed by atoms with Crippen molar-refractivity contribution in [3.05, 3.63) is 71.2 Å². The number of ether oxygens (including phenoxy) is 1. The van der Waals surface area contributed by atoms with Gasteiger partial charge in [-0.15, -0.1) is 0 Å². The number of morpholine rings is 1. The number of aromatic nitrogens is 3. The number of carbonyl (C=O) groups is 4. The monoisotopic (exact) mass is 495 g/mol. The molecule has 1 saturated heterocycles. The van der Waals surface area contributed by atoms with E-state index in [1.807, 2.05) is 24.3 Å². The second-order valence-corrected chi connectivity index (χ2v) is 8.88. The molecule has 4 heterocycles. The van der Waals surface area contributed by atoms with Crippen LogP contribution in [-0.2, 0) is 9.53 Å². The Balaban J connectivity index is 1.53. The van der Waals surface area contributed by atoms with Gasteiger partial charge < -0.3 is 19.9 Å². The van der Waals surface area contributed by atoms with Gasteiger partial charge in [-0.2, -0.15) is 0 Å². The molecule has 10 heteroatoms. The summed E-state index contributed by atoms with van der Waals surface area (Å²) in [5, 5.41) is 4.10. The second-order valence-electron chi connectivity index (χ2n) is 8.88. The van der Waals surface area contributed by atoms with E-state index in [-0.39, 0.29) is 28.6 Å². The Hall–Kier alpha value is -4.70. The molecule has 2 aliphatic rings. The molecule has 0 unspecified atom stereocenters. The lowest BCUT2D eigenvalue weighted by Gasteiger charge is -2.26. The number of carbonyl (C=O) groups excluding carboxylic acids is 4. The lowest BCUT2D eigenvalue weighted by molar-refractivity contribution is -0.118. The quantitative estimate of drug-likeness (QED) is 0.446. The predicted octanol–water partition coefficient (Wildman–Crippen LogP) is 2.65. The zero-order chi connectivity index (χ0) is 25.7. The highest BCUT2D eigenvalue weighted by Crippen LogP contribution is 2.33. The van der Waals surface area contributed by atoms with Crippen LogP contribution in [0.5, 0.6) is 0 Å². The fraction of sp³-hybridized carbons (Fsp3) is 0.185. The first kappa shape index (κ1) is 22.7. The molecule has 184 valence electrons. The number of H-pyrrole nitrogens is 1. The van der Waals surface area contributed by atoms with E-state index >= 15 is 0 Å². The molecule has 4 aromatic rings. The third-order valence-electron chi connectivity index (χ3n) is 6.46. The highest BCUT2D eigenvalue weighted by molar-refractivity contribution is 6.24. The van der Waals surface area contributed by atoms with Crippen LogP contribution in [0.1, 0.15) is 38.3 Å². The summed E-state index contributed by atoms with van der Waals surface area (Å²) in [6.07, 6.45) is 1.10. The summed E-state index contributed by atoms with van der Waals surface area (Å²) in [5.41, 5.74) is 2.38. The number of amides is 2. The van der Waals surface area contributed by atoms with E-state index in [4.69, 9.17) is 9.72 Å². The van der Waals surface area contributed by atoms with Gasteiger partial charge in [-0.1, -0.05) is 18.2 Å². The van der Waals surface area contributed by atoms with Crippen molar-refractivity contribution in [2.45, 2.75) is 6.92 Å². The lowest BCUT2D eigenvalue weighted by atomic mass is 9.96. The minimum absolute atomic E-state index is 0.0790. The fourth-order valence-electron chi connectivity index (χ4n) is 4.72. The Bertz CT molecular complexity index is 1680. The number of fused-ring (bicyclic) bond motifs is 4. The molecule has 0 saturated carbocycles. The van der Waals surface area contributed by atoms with Crippen LogP contribution in [-0.4, -0.2) is 69.5 Å². The molecule has 0 atom stereocenters. The predicted molar refractivity (Wildman–Crippen MR) is 134 cm³/mol. The first-order valence-corrected chi connectivity index (χ1v) is 11.8. The molecule has 1 aliphatic heterocycles. The van der Waals surface area contributed by atoms with Crippen molar-refractivity contribution in [1.29, 1.82) is 0 Å². The Morgan fingerprint density at radius 3 is 2.57 bits per heavy atom. The van der Waals surface area contributed by atoms with Crippen molar-refractivity contribution >= 4 is 45.2 Å². The summed E-state index contributed by atoms with van der Waals surface area (Å²) in [6.45, 7) is 3.11. The van der Waals surface area contributed by atoms with Crippen molar-refractivity contribution in [3.8, 4) is 11.4 Å². The summed E-state index contributed by atoms with van der Waals surface area (Å²) in [7, 11) is 0. The van der Waals surface area contributed by atoms with E-state index in [0.29, 0.717) is 43.2 Å². The molecule has 10 nitrogen and oxygen atoms in total. The summed E-state index contributed by atoms with van der Waals surface area (Å²) in [4.78, 5) is 64.9. The number of allylic oxidation sites excluding steroid dienone is 2. The van der Waals surface area contributed by atoms with E-state index in [1.165, 1.54) is 13.0 Å². The Kier molecular flexibility index (Phi) is 5.38. The standard InChI is InChI=1S/C27H21N5O5/c1-14(33)28-20-13-22(34)16-6-7-19(30-24(16)26(20)35)25-23-17(15-4-2-3-5-18(15)29-23)12-21(31-25)27(36)32-8-10-37-11-9-32/h2-7,12-13,29H,8-11H2,1H3,(H,28,33). The number of ketones is 2. The molecule has 0 radical (unpaired) electrons. The highest BCUT2D eigenvalue weighted by Gasteiger charge is 2.29. The molecular formula is C27H21N5O5. The van der Waals surface area contributed by atoms with Crippen LogP contribution in [0, 0.1) is 0 Å². The SMILES string of the molecule is CC(=O)NC1=CC(=O)c2ccc(-c3nc(C(=O)N4CCOCC4)cc4c3[nH]c3ccccc34)nc2C1=O. The number of aromatic amines is 1. The van der Waals surface area contributed by atoms with Gasteiger partial charge in [-0.3, -0.25) is 19.2 Å². The maximum absolute atomic E-state index is 13.4. The van der Waals surface area contributed by atoms with Crippen molar-refractivity contribution in [1.82, 2.24) is 25.2 Å². The van der Waals surface area contributed by atoms with Gasteiger partial charge in [-0.05, 0) is 24.3 Å². The molecule has 2 N–H and O–H groups in total. The number of benzene rings is 1. The number of hydrogen-bond donors (Lipinski definition) is 2. The number of Topliss-reactive ketones (excluding diaryl/α,β-unsaturated/α-hetero) is 1. The molecule has 1 aromatic carbocycles. The minimum Gasteiger partial charge on any atom is -0.378 e. The van der Waals surface area contributed by atoms with Gasteiger partial charge in [0.2, 0.25) is 11.7 Å². The van der Waals surface area contributed by atoms with E-state index in [9.17, 15) is 19.2 Å². The fourth-order valence-corrected chi connectivity index (χ4v) is 4.72. The van der Waals surface area contributed by atoms with Crippen molar-refractivity contribution in [2.24, 2.45) is 0 Å². The number of nitrogens with zero attached hydrogens (tertiary/aromatic N) is 3. The van der Waals surface area contributed by atoms with E-state index in [1.54, 1.807) is 17.0 Å². The molecule has 2 amide bonds. The summed E-state index contributed by atoms with van der Waals surface area (Å²) < 4.78 is 5.38. The van der Waals surface area contributed by atoms with Crippen LogP contribution in [0.15, 0.2) is 54.2 Å². The molecule has 1 fully saturated rings. The molecule has 0 spiro atoms. The summed E-state index contributed by atoms with van der Waals surface area (Å²) in [6, 6.07) is 12.6. The van der Waals surface area contributed by atoms with Crippen LogP contribution in [0.3, 0.4) is 0 Å². The van der Waals surface area contributed by atoms with Gasteiger partial charge in [0.05, 0.1) is 35.7 Å². The lowest BCUT2D eigenvalue weighted by Crippen LogP contribution is -2.41. The maximum Gasteiger partial charge on any atom is 0.272 e. The zero-order valence-electron chi connectivity index (χ0n) is 19.8. The van der Waals surface area contributed by atoms with E-state index in [2.05, 4.69) is 15.3 Å². The maximum atomic E-state index is 13.4. The molecule has 1 aliphatic carbocycles. The largest absolute Gasteiger partial charge is 0.378 e. The number of para-hydroxylation sites is 1. The van der Waals surface area contributed by atoms with Gasteiger partial charge in [0, 0.05) is 42.4 Å². The van der Waals surface area contributed by atoms with Crippen LogP contribution >= 0.6 is 0 Å². The van der Waals surface area contributed by atoms with Gasteiger partial charge in [0.25, 0.3) is 5.91 Å². The number of rotatable bonds is 3. The van der Waals surface area contributed by atoms with Gasteiger partial charge >= 0.3 is 0 Å². The average Bonchev–Trinajstić information content (AvgIpc) is 3.29. The number of nitrogens with one attached hydrogen (secondary N) is 2. The molecule has 6 rings (SSSR count). The van der Waals surface area contributed by atoms with Crippen molar-refractivity contribution in [2.75, 3.05) is 26.3 Å². The Morgan fingerprint density at radius 1 is 1.00 bits per heavy atom. The molecule has 0 bridgehead atoms. The Labute approximate surface area is 210 Å². The van der Waals surface area contributed by atoms with Crippen molar-refractivity contribution < 1.29 is 23.9 Å². The zero-order valence-corrected chi connectivity index (χ0v) is 19.8. The second kappa shape index (κ2) is 8.75.